The van der Waals surface area contributed by atoms with Crippen molar-refractivity contribution in [3.63, 3.8) is 0 Å². The molecule has 0 aromatic heterocycles. The topological polar surface area (TPSA) is 114 Å². The second kappa shape index (κ2) is 10.8. The third-order valence-electron chi connectivity index (χ3n) is 4.86. The number of amides is 2. The van der Waals surface area contributed by atoms with Gasteiger partial charge in [0.1, 0.15) is 12.0 Å². The van der Waals surface area contributed by atoms with Crippen molar-refractivity contribution >= 4 is 33.4 Å². The van der Waals surface area contributed by atoms with E-state index >= 15 is 0 Å². The Bertz CT molecular complexity index is 1060. The fraction of sp³-hybridized carbons (Fsp3) is 0.333. The number of rotatable bonds is 7. The molecule has 1 heterocycles. The molecule has 11 heteroatoms. The molecule has 1 aliphatic rings. The Hall–Kier alpha value is -2.66. The van der Waals surface area contributed by atoms with E-state index < -0.39 is 28.1 Å². The van der Waals surface area contributed by atoms with Gasteiger partial charge in [0, 0.05) is 18.1 Å². The first kappa shape index (κ1) is 24.0. The molecule has 1 atom stereocenters. The summed E-state index contributed by atoms with van der Waals surface area (Å²) in [5.41, 5.74) is 0.669. The normalized spacial score (nSPS) is 16.9. The Kier molecular flexibility index (Phi) is 8.08. The highest BCUT2D eigenvalue weighted by atomic mass is 35.5. The van der Waals surface area contributed by atoms with Gasteiger partial charge in [-0.25, -0.2) is 8.42 Å². The van der Waals surface area contributed by atoms with E-state index in [1.165, 1.54) is 23.5 Å². The van der Waals surface area contributed by atoms with Gasteiger partial charge in [-0.05, 0) is 42.3 Å². The van der Waals surface area contributed by atoms with E-state index in [0.717, 1.165) is 0 Å². The number of benzene rings is 2. The van der Waals surface area contributed by atoms with Crippen LogP contribution in [-0.2, 0) is 30.9 Å². The molecule has 172 valence electrons. The molecule has 0 radical (unpaired) electrons. The molecule has 2 amide bonds. The Morgan fingerprint density at radius 2 is 1.81 bits per heavy atom. The Balaban J connectivity index is 1.60. The van der Waals surface area contributed by atoms with Crippen molar-refractivity contribution in [1.82, 2.24) is 14.9 Å². The fourth-order valence-corrected chi connectivity index (χ4v) is 4.91. The summed E-state index contributed by atoms with van der Waals surface area (Å²) >= 11 is 6.04. The molecule has 1 fully saturated rings. The Labute approximate surface area is 191 Å². The van der Waals surface area contributed by atoms with Gasteiger partial charge in [-0.3, -0.25) is 9.59 Å². The van der Waals surface area contributed by atoms with Crippen molar-refractivity contribution in [2.75, 3.05) is 26.8 Å². The quantitative estimate of drug-likeness (QED) is 0.579. The summed E-state index contributed by atoms with van der Waals surface area (Å²) in [5.74, 6) is -1.22. The van der Waals surface area contributed by atoms with Gasteiger partial charge in [0.25, 0.3) is 0 Å². The van der Waals surface area contributed by atoms with Crippen LogP contribution in [0.1, 0.15) is 12.0 Å². The van der Waals surface area contributed by atoms with Crippen LogP contribution >= 0.6 is 11.6 Å². The van der Waals surface area contributed by atoms with Crippen LogP contribution in [0, 0.1) is 0 Å². The highest BCUT2D eigenvalue weighted by molar-refractivity contribution is 7.89. The Morgan fingerprint density at radius 3 is 2.50 bits per heavy atom. The van der Waals surface area contributed by atoms with Gasteiger partial charge in [0.05, 0.1) is 25.2 Å². The first-order valence-corrected chi connectivity index (χ1v) is 11.7. The van der Waals surface area contributed by atoms with E-state index in [1.54, 1.807) is 36.4 Å². The first-order chi connectivity index (χ1) is 15.3. The molecular formula is C21H24ClN3O6S. The van der Waals surface area contributed by atoms with Gasteiger partial charge in [0.15, 0.2) is 0 Å². The van der Waals surface area contributed by atoms with E-state index in [9.17, 15) is 18.0 Å². The van der Waals surface area contributed by atoms with Gasteiger partial charge >= 0.3 is 11.8 Å². The van der Waals surface area contributed by atoms with Crippen molar-refractivity contribution in [2.45, 2.75) is 24.1 Å². The van der Waals surface area contributed by atoms with E-state index in [4.69, 9.17) is 21.1 Å². The van der Waals surface area contributed by atoms with Crippen LogP contribution in [0.15, 0.2) is 53.4 Å². The van der Waals surface area contributed by atoms with Crippen LogP contribution in [0.25, 0.3) is 0 Å². The van der Waals surface area contributed by atoms with Crippen LogP contribution in [0.5, 0.6) is 5.75 Å². The predicted molar refractivity (Wildman–Crippen MR) is 118 cm³/mol. The maximum atomic E-state index is 13.1. The lowest BCUT2D eigenvalue weighted by molar-refractivity contribution is -0.140. The van der Waals surface area contributed by atoms with Gasteiger partial charge in [-0.2, -0.15) is 4.31 Å². The average Bonchev–Trinajstić information content (AvgIpc) is 2.82. The van der Waals surface area contributed by atoms with E-state index in [0.29, 0.717) is 29.4 Å². The van der Waals surface area contributed by atoms with E-state index in [-0.39, 0.29) is 24.5 Å². The molecule has 1 aliphatic heterocycles. The lowest BCUT2D eigenvalue weighted by atomic mass is 10.2. The summed E-state index contributed by atoms with van der Waals surface area (Å²) in [4.78, 5) is 24.4. The highest BCUT2D eigenvalue weighted by Crippen LogP contribution is 2.24. The standard InChI is InChI=1S/C21H24ClN3O6S/c1-30-16-7-9-17(10-8-16)32(28,29)25-11-4-12-31-19(25)14-24-21(27)20(26)23-13-15-5-2-3-6-18(15)22/h2-3,5-10,19H,4,11-14H2,1H3,(H,23,26)(H,24,27)/t19-/m0/s1. The largest absolute Gasteiger partial charge is 0.497 e. The van der Waals surface area contributed by atoms with Crippen LogP contribution in [0.3, 0.4) is 0 Å². The van der Waals surface area contributed by atoms with Crippen molar-refractivity contribution in [3.8, 4) is 5.75 Å². The Morgan fingerprint density at radius 1 is 1.12 bits per heavy atom. The SMILES string of the molecule is COc1ccc(S(=O)(=O)N2CCCO[C@H]2CNC(=O)C(=O)NCc2ccccc2Cl)cc1. The molecular weight excluding hydrogens is 458 g/mol. The zero-order chi connectivity index (χ0) is 23.1. The monoisotopic (exact) mass is 481 g/mol. The number of hydrogen-bond acceptors (Lipinski definition) is 6. The number of ether oxygens (including phenoxy) is 2. The molecule has 0 saturated carbocycles. The molecule has 32 heavy (non-hydrogen) atoms. The average molecular weight is 482 g/mol. The third kappa shape index (κ3) is 5.77. The second-order valence-electron chi connectivity index (χ2n) is 6.95. The number of nitrogens with zero attached hydrogens (tertiary/aromatic N) is 1. The van der Waals surface area contributed by atoms with Crippen molar-refractivity contribution in [1.29, 1.82) is 0 Å². The molecule has 2 aromatic carbocycles. The molecule has 2 aromatic rings. The minimum Gasteiger partial charge on any atom is -0.497 e. The number of hydrogen-bond donors (Lipinski definition) is 2. The number of methoxy groups -OCH3 is 1. The summed E-state index contributed by atoms with van der Waals surface area (Å²) in [7, 11) is -2.38. The summed E-state index contributed by atoms with van der Waals surface area (Å²) in [6, 6.07) is 12.9. The van der Waals surface area contributed by atoms with Crippen molar-refractivity contribution in [3.05, 3.63) is 59.1 Å². The van der Waals surface area contributed by atoms with Crippen molar-refractivity contribution < 1.29 is 27.5 Å². The predicted octanol–water partition coefficient (Wildman–Crippen LogP) is 1.52. The summed E-state index contributed by atoms with van der Waals surface area (Å²) < 4.78 is 38.0. The van der Waals surface area contributed by atoms with Crippen molar-refractivity contribution in [2.24, 2.45) is 0 Å². The number of halogens is 1. The third-order valence-corrected chi connectivity index (χ3v) is 7.13. The molecule has 3 rings (SSSR count). The minimum atomic E-state index is -3.87. The van der Waals surface area contributed by atoms with Crippen LogP contribution in [0.4, 0.5) is 0 Å². The zero-order valence-electron chi connectivity index (χ0n) is 17.4. The van der Waals surface area contributed by atoms with Gasteiger partial charge in [-0.1, -0.05) is 29.8 Å². The maximum Gasteiger partial charge on any atom is 0.309 e. The molecule has 0 unspecified atom stereocenters. The lowest BCUT2D eigenvalue weighted by Crippen LogP contribution is -2.53. The van der Waals surface area contributed by atoms with Crippen LogP contribution < -0.4 is 15.4 Å². The summed E-state index contributed by atoms with van der Waals surface area (Å²) in [6.07, 6.45) is -0.422. The molecule has 9 nitrogen and oxygen atoms in total. The minimum absolute atomic E-state index is 0.0811. The zero-order valence-corrected chi connectivity index (χ0v) is 19.0. The van der Waals surface area contributed by atoms with Gasteiger partial charge in [-0.15, -0.1) is 0 Å². The second-order valence-corrected chi connectivity index (χ2v) is 9.25. The highest BCUT2D eigenvalue weighted by Gasteiger charge is 2.35. The molecule has 0 aliphatic carbocycles. The summed E-state index contributed by atoms with van der Waals surface area (Å²) in [5, 5.41) is 5.40. The number of carbonyl (C=O) groups excluding carboxylic acids is 2. The summed E-state index contributed by atoms with van der Waals surface area (Å²) in [6.45, 7) is 0.485. The van der Waals surface area contributed by atoms with E-state index in [2.05, 4.69) is 10.6 Å². The van der Waals surface area contributed by atoms with Gasteiger partial charge in [0.2, 0.25) is 10.0 Å². The number of sulfonamides is 1. The molecule has 0 bridgehead atoms. The number of carbonyl (C=O) groups is 2. The molecule has 1 saturated heterocycles. The molecule has 2 N–H and O–H groups in total. The van der Waals surface area contributed by atoms with E-state index in [1.807, 2.05) is 0 Å². The lowest BCUT2D eigenvalue weighted by Gasteiger charge is -2.34. The first-order valence-electron chi connectivity index (χ1n) is 9.90. The molecule has 0 spiro atoms. The van der Waals surface area contributed by atoms with Crippen LogP contribution in [-0.4, -0.2) is 57.6 Å². The fourth-order valence-electron chi connectivity index (χ4n) is 3.14. The van der Waals surface area contributed by atoms with Crippen LogP contribution in [0.2, 0.25) is 5.02 Å². The maximum absolute atomic E-state index is 13.1. The number of nitrogens with one attached hydrogen (secondary N) is 2. The smallest absolute Gasteiger partial charge is 0.309 e. The van der Waals surface area contributed by atoms with Gasteiger partial charge < -0.3 is 20.1 Å².